The topological polar surface area (TPSA) is 43.3 Å². The maximum atomic E-state index is 14.7. The van der Waals surface area contributed by atoms with Crippen LogP contribution in [-0.2, 0) is 12.7 Å². The van der Waals surface area contributed by atoms with E-state index in [9.17, 15) is 30.7 Å². The van der Waals surface area contributed by atoms with Crippen molar-refractivity contribution >= 4 is 16.6 Å². The number of halogens is 7. The zero-order valence-electron chi connectivity index (χ0n) is 16.6. The van der Waals surface area contributed by atoms with Crippen LogP contribution in [0, 0.1) is 23.3 Å². The van der Waals surface area contributed by atoms with Crippen LogP contribution in [0.1, 0.15) is 22.3 Å². The third-order valence-corrected chi connectivity index (χ3v) is 5.15. The summed E-state index contributed by atoms with van der Waals surface area (Å²) in [4.78, 5) is 0. The molecule has 3 aromatic carbocycles. The van der Waals surface area contributed by atoms with Gasteiger partial charge in [-0.2, -0.15) is 18.3 Å². The maximum Gasteiger partial charge on any atom is 0.422 e. The molecule has 4 aromatic rings. The zero-order valence-corrected chi connectivity index (χ0v) is 16.6. The van der Waals surface area contributed by atoms with Crippen LogP contribution in [0.2, 0.25) is 0 Å². The van der Waals surface area contributed by atoms with Gasteiger partial charge in [-0.05, 0) is 11.6 Å². The number of para-hydroxylation sites is 1. The zero-order chi connectivity index (χ0) is 23.9. The van der Waals surface area contributed by atoms with Crippen molar-refractivity contribution in [3.8, 4) is 0 Å². The maximum absolute atomic E-state index is 14.7. The van der Waals surface area contributed by atoms with Gasteiger partial charge in [0.25, 0.3) is 0 Å². The Hall–Kier alpha value is -3.82. The van der Waals surface area contributed by atoms with Crippen molar-refractivity contribution in [1.29, 1.82) is 0 Å². The SMILES string of the molecule is NN=C(c1c(F)c(F)c(C(F)(F)F)c(F)c1F)c1cn(Cc2ccccc2)c2ccccc12. The minimum absolute atomic E-state index is 0.0135. The number of nitrogens with zero attached hydrogens (tertiary/aromatic N) is 2. The molecule has 2 N–H and O–H groups in total. The Labute approximate surface area is 182 Å². The number of aromatic nitrogens is 1. The number of hydrogen-bond acceptors (Lipinski definition) is 2. The molecule has 1 heterocycles. The average Bonchev–Trinajstić information content (AvgIpc) is 3.13. The van der Waals surface area contributed by atoms with E-state index in [0.29, 0.717) is 17.4 Å². The van der Waals surface area contributed by atoms with Crippen LogP contribution < -0.4 is 5.84 Å². The van der Waals surface area contributed by atoms with Crippen LogP contribution in [-0.4, -0.2) is 10.3 Å². The molecule has 0 atom stereocenters. The van der Waals surface area contributed by atoms with E-state index in [2.05, 4.69) is 5.10 Å². The number of fused-ring (bicyclic) bond motifs is 1. The van der Waals surface area contributed by atoms with Gasteiger partial charge in [0.15, 0.2) is 23.3 Å². The molecule has 0 aliphatic heterocycles. The fourth-order valence-corrected chi connectivity index (χ4v) is 3.70. The van der Waals surface area contributed by atoms with Gasteiger partial charge in [-0.3, -0.25) is 0 Å². The van der Waals surface area contributed by atoms with E-state index in [4.69, 9.17) is 5.84 Å². The van der Waals surface area contributed by atoms with Gasteiger partial charge in [0, 0.05) is 29.2 Å². The second-order valence-corrected chi connectivity index (χ2v) is 7.15. The summed E-state index contributed by atoms with van der Waals surface area (Å²) >= 11 is 0. The fraction of sp³-hybridized carbons (Fsp3) is 0.0870. The number of hydrogen-bond donors (Lipinski definition) is 1. The summed E-state index contributed by atoms with van der Waals surface area (Å²) in [5.74, 6) is -4.32. The van der Waals surface area contributed by atoms with Crippen LogP contribution in [0.15, 0.2) is 65.9 Å². The Kier molecular flexibility index (Phi) is 5.61. The first-order chi connectivity index (χ1) is 15.6. The summed E-state index contributed by atoms with van der Waals surface area (Å²) in [6.45, 7) is 0.319. The quantitative estimate of drug-likeness (QED) is 0.130. The van der Waals surface area contributed by atoms with Crippen LogP contribution in [0.25, 0.3) is 10.9 Å². The Balaban J connectivity index is 1.94. The minimum atomic E-state index is -5.65. The Bertz CT molecular complexity index is 1340. The molecular formula is C23H14F7N3. The molecule has 0 bridgehead atoms. The average molecular weight is 465 g/mol. The van der Waals surface area contributed by atoms with Gasteiger partial charge in [0.1, 0.15) is 11.3 Å². The van der Waals surface area contributed by atoms with Gasteiger partial charge >= 0.3 is 6.18 Å². The summed E-state index contributed by atoms with van der Waals surface area (Å²) in [5.41, 5.74) is -3.39. The van der Waals surface area contributed by atoms with E-state index in [0.717, 1.165) is 5.56 Å². The van der Waals surface area contributed by atoms with Crippen molar-refractivity contribution in [3.05, 3.63) is 106 Å². The predicted molar refractivity (Wildman–Crippen MR) is 109 cm³/mol. The highest BCUT2D eigenvalue weighted by atomic mass is 19.4. The van der Waals surface area contributed by atoms with Crippen molar-refractivity contribution in [2.24, 2.45) is 10.9 Å². The highest BCUT2D eigenvalue weighted by Gasteiger charge is 2.43. The summed E-state index contributed by atoms with van der Waals surface area (Å²) in [7, 11) is 0. The third kappa shape index (κ3) is 3.81. The molecule has 0 fully saturated rings. The standard InChI is InChI=1S/C23H14F7N3/c24-18-16(19(25)21(27)17(20(18)26)23(28,29)30)22(32-31)14-11-33(10-12-6-2-1-3-7-12)15-9-5-4-8-13(14)15/h1-9,11H,10,31H2. The lowest BCUT2D eigenvalue weighted by molar-refractivity contribution is -0.143. The number of rotatable bonds is 4. The van der Waals surface area contributed by atoms with Gasteiger partial charge in [-0.1, -0.05) is 48.5 Å². The first-order valence-corrected chi connectivity index (χ1v) is 9.48. The molecule has 0 saturated heterocycles. The molecule has 3 nitrogen and oxygen atoms in total. The highest BCUT2D eigenvalue weighted by molar-refractivity contribution is 6.19. The van der Waals surface area contributed by atoms with Crippen LogP contribution in [0.5, 0.6) is 0 Å². The van der Waals surface area contributed by atoms with E-state index >= 15 is 0 Å². The molecule has 0 unspecified atom stereocenters. The van der Waals surface area contributed by atoms with Gasteiger partial charge in [0.05, 0.1) is 5.56 Å². The molecule has 4 rings (SSSR count). The lowest BCUT2D eigenvalue weighted by Gasteiger charge is -2.15. The van der Waals surface area contributed by atoms with Crippen molar-refractivity contribution in [3.63, 3.8) is 0 Å². The third-order valence-electron chi connectivity index (χ3n) is 5.15. The van der Waals surface area contributed by atoms with E-state index in [1.807, 2.05) is 30.3 Å². The second-order valence-electron chi connectivity index (χ2n) is 7.15. The molecule has 0 radical (unpaired) electrons. The summed E-state index contributed by atoms with van der Waals surface area (Å²) in [6.07, 6.45) is -4.24. The fourth-order valence-electron chi connectivity index (χ4n) is 3.70. The van der Waals surface area contributed by atoms with Gasteiger partial charge in [-0.15, -0.1) is 0 Å². The number of benzene rings is 3. The monoisotopic (exact) mass is 465 g/mol. The number of hydrazone groups is 1. The van der Waals surface area contributed by atoms with Gasteiger partial charge in [-0.25, -0.2) is 17.6 Å². The lowest BCUT2D eigenvalue weighted by Crippen LogP contribution is -2.20. The van der Waals surface area contributed by atoms with E-state index in [1.165, 1.54) is 6.20 Å². The molecule has 0 spiro atoms. The smallest absolute Gasteiger partial charge is 0.342 e. The Morgan fingerprint density at radius 2 is 1.39 bits per heavy atom. The van der Waals surface area contributed by atoms with E-state index in [-0.39, 0.29) is 5.56 Å². The molecule has 10 heteroatoms. The van der Waals surface area contributed by atoms with Crippen LogP contribution in [0.4, 0.5) is 30.7 Å². The summed E-state index contributed by atoms with van der Waals surface area (Å²) in [6, 6.07) is 15.7. The molecule has 0 aliphatic rings. The molecule has 33 heavy (non-hydrogen) atoms. The van der Waals surface area contributed by atoms with E-state index in [1.54, 1.807) is 28.8 Å². The van der Waals surface area contributed by atoms with Crippen LogP contribution in [0.3, 0.4) is 0 Å². The molecule has 0 saturated carbocycles. The summed E-state index contributed by atoms with van der Waals surface area (Å²) < 4.78 is 98.4. The second kappa shape index (κ2) is 8.27. The van der Waals surface area contributed by atoms with E-state index < -0.39 is 46.3 Å². The molecule has 1 aromatic heterocycles. The molecule has 0 aliphatic carbocycles. The predicted octanol–water partition coefficient (Wildman–Crippen LogP) is 5.98. The summed E-state index contributed by atoms with van der Waals surface area (Å²) in [5, 5.41) is 3.68. The molecule has 0 amide bonds. The largest absolute Gasteiger partial charge is 0.422 e. The van der Waals surface area contributed by atoms with Crippen LogP contribution >= 0.6 is 0 Å². The molecule has 170 valence electrons. The van der Waals surface area contributed by atoms with Gasteiger partial charge < -0.3 is 10.4 Å². The first-order valence-electron chi connectivity index (χ1n) is 9.48. The van der Waals surface area contributed by atoms with Crippen molar-refractivity contribution < 1.29 is 30.7 Å². The van der Waals surface area contributed by atoms with Crippen molar-refractivity contribution in [2.45, 2.75) is 12.7 Å². The molecular weight excluding hydrogens is 451 g/mol. The normalized spacial score (nSPS) is 12.5. The van der Waals surface area contributed by atoms with Crippen molar-refractivity contribution in [1.82, 2.24) is 4.57 Å². The highest BCUT2D eigenvalue weighted by Crippen LogP contribution is 2.38. The number of nitrogens with two attached hydrogens (primary N) is 1. The minimum Gasteiger partial charge on any atom is -0.342 e. The Morgan fingerprint density at radius 3 is 1.97 bits per heavy atom. The lowest BCUT2D eigenvalue weighted by atomic mass is 9.98. The van der Waals surface area contributed by atoms with Crippen molar-refractivity contribution in [2.75, 3.05) is 0 Å². The first kappa shape index (κ1) is 22.4. The van der Waals surface area contributed by atoms with Gasteiger partial charge in [0.2, 0.25) is 0 Å². The Morgan fingerprint density at radius 1 is 0.818 bits per heavy atom. The number of alkyl halides is 3.